The van der Waals surface area contributed by atoms with E-state index in [-0.39, 0.29) is 25.3 Å². The third-order valence-electron chi connectivity index (χ3n) is 2.44. The molecule has 0 amide bonds. The summed E-state index contributed by atoms with van der Waals surface area (Å²) in [6.45, 7) is 3.11. The summed E-state index contributed by atoms with van der Waals surface area (Å²) < 4.78 is 29.2. The molecule has 1 unspecified atom stereocenters. The molecule has 0 aliphatic heterocycles. The fraction of sp³-hybridized carbons (Fsp3) is 0.800. The van der Waals surface area contributed by atoms with Gasteiger partial charge in [-0.1, -0.05) is 13.8 Å². The van der Waals surface area contributed by atoms with Gasteiger partial charge in [-0.05, 0) is 0 Å². The van der Waals surface area contributed by atoms with Crippen LogP contribution in [0.1, 0.15) is 20.3 Å². The van der Waals surface area contributed by atoms with Gasteiger partial charge in [0.15, 0.2) is 0 Å². The van der Waals surface area contributed by atoms with E-state index in [0.29, 0.717) is 0 Å². The van der Waals surface area contributed by atoms with Crippen molar-refractivity contribution in [2.45, 2.75) is 20.3 Å². The monoisotopic (exact) mass is 281 g/mol. The number of carboxylic acid groups (broad SMARTS) is 1. The third-order valence-corrected chi connectivity index (χ3v) is 4.35. The number of rotatable bonds is 8. The molecule has 0 aromatic carbocycles. The Morgan fingerprint density at radius 3 is 2.33 bits per heavy atom. The first kappa shape index (κ1) is 16.9. The molecular weight excluding hydrogens is 262 g/mol. The van der Waals surface area contributed by atoms with E-state index in [4.69, 9.17) is 5.11 Å². The number of hydrogen-bond acceptors (Lipinski definition) is 5. The van der Waals surface area contributed by atoms with Gasteiger partial charge in [0.2, 0.25) is 10.0 Å². The van der Waals surface area contributed by atoms with E-state index in [2.05, 4.69) is 4.74 Å². The van der Waals surface area contributed by atoms with E-state index in [1.165, 1.54) is 14.0 Å². The molecule has 1 N–H and O–H groups in total. The SMILES string of the molecule is CCN(CC(C)C(=O)O)S(=O)(=O)CCC(=O)OC. The van der Waals surface area contributed by atoms with Crippen LogP contribution in [0.5, 0.6) is 0 Å². The molecule has 0 aliphatic rings. The normalized spacial score (nSPS) is 13.3. The van der Waals surface area contributed by atoms with Gasteiger partial charge in [-0.3, -0.25) is 9.59 Å². The lowest BCUT2D eigenvalue weighted by Gasteiger charge is -2.22. The Kier molecular flexibility index (Phi) is 6.85. The number of nitrogens with zero attached hydrogens (tertiary/aromatic N) is 1. The van der Waals surface area contributed by atoms with Gasteiger partial charge in [0.1, 0.15) is 0 Å². The lowest BCUT2D eigenvalue weighted by molar-refractivity contribution is -0.142. The topological polar surface area (TPSA) is 101 Å². The molecular formula is C10H19NO6S. The van der Waals surface area contributed by atoms with Gasteiger partial charge in [-0.2, -0.15) is 0 Å². The van der Waals surface area contributed by atoms with E-state index in [1.54, 1.807) is 6.92 Å². The molecule has 0 saturated carbocycles. The van der Waals surface area contributed by atoms with Crippen molar-refractivity contribution in [2.24, 2.45) is 5.92 Å². The van der Waals surface area contributed by atoms with E-state index < -0.39 is 27.9 Å². The van der Waals surface area contributed by atoms with Crippen LogP contribution in [0, 0.1) is 5.92 Å². The highest BCUT2D eigenvalue weighted by atomic mass is 32.2. The van der Waals surface area contributed by atoms with Crippen LogP contribution in [0.15, 0.2) is 0 Å². The van der Waals surface area contributed by atoms with Crippen molar-refractivity contribution in [3.8, 4) is 0 Å². The number of ether oxygens (including phenoxy) is 1. The average molecular weight is 281 g/mol. The highest BCUT2D eigenvalue weighted by molar-refractivity contribution is 7.89. The third kappa shape index (κ3) is 5.46. The number of aliphatic carboxylic acids is 1. The predicted octanol–water partition coefficient (Wildman–Crippen LogP) is -0.0781. The lowest BCUT2D eigenvalue weighted by Crippen LogP contribution is -2.38. The molecule has 0 spiro atoms. The summed E-state index contributed by atoms with van der Waals surface area (Å²) in [6, 6.07) is 0. The summed E-state index contributed by atoms with van der Waals surface area (Å²) in [5.41, 5.74) is 0. The Labute approximate surface area is 107 Å². The van der Waals surface area contributed by atoms with Crippen molar-refractivity contribution in [3.63, 3.8) is 0 Å². The zero-order valence-corrected chi connectivity index (χ0v) is 11.6. The van der Waals surface area contributed by atoms with Crippen LogP contribution in [0.4, 0.5) is 0 Å². The van der Waals surface area contributed by atoms with Gasteiger partial charge < -0.3 is 9.84 Å². The van der Waals surface area contributed by atoms with Crippen LogP contribution in [0.25, 0.3) is 0 Å². The second kappa shape index (κ2) is 7.32. The molecule has 7 nitrogen and oxygen atoms in total. The van der Waals surface area contributed by atoms with E-state index in [1.807, 2.05) is 0 Å². The summed E-state index contributed by atoms with van der Waals surface area (Å²) in [4.78, 5) is 21.6. The minimum Gasteiger partial charge on any atom is -0.481 e. The van der Waals surface area contributed by atoms with Crippen molar-refractivity contribution in [3.05, 3.63) is 0 Å². The second-order valence-electron chi connectivity index (χ2n) is 3.83. The van der Waals surface area contributed by atoms with Crippen molar-refractivity contribution in [2.75, 3.05) is 26.0 Å². The molecule has 0 aromatic heterocycles. The number of methoxy groups -OCH3 is 1. The van der Waals surface area contributed by atoms with Crippen LogP contribution < -0.4 is 0 Å². The number of hydrogen-bond donors (Lipinski definition) is 1. The van der Waals surface area contributed by atoms with Gasteiger partial charge in [0.05, 0.1) is 25.2 Å². The number of carboxylic acids is 1. The van der Waals surface area contributed by atoms with Crippen LogP contribution >= 0.6 is 0 Å². The van der Waals surface area contributed by atoms with Gasteiger partial charge in [0, 0.05) is 13.1 Å². The van der Waals surface area contributed by atoms with Crippen LogP contribution in [0.2, 0.25) is 0 Å². The maximum Gasteiger partial charge on any atom is 0.307 e. The maximum atomic E-state index is 11.9. The minimum atomic E-state index is -3.64. The molecule has 0 heterocycles. The summed E-state index contributed by atoms with van der Waals surface area (Å²) in [6.07, 6.45) is -0.239. The fourth-order valence-electron chi connectivity index (χ4n) is 1.27. The number of carbonyl (C=O) groups excluding carboxylic acids is 1. The summed E-state index contributed by atoms with van der Waals surface area (Å²) >= 11 is 0. The molecule has 106 valence electrons. The fourth-order valence-corrected chi connectivity index (χ4v) is 2.79. The smallest absolute Gasteiger partial charge is 0.307 e. The zero-order chi connectivity index (χ0) is 14.3. The quantitative estimate of drug-likeness (QED) is 0.625. The standard InChI is InChI=1S/C10H19NO6S/c1-4-11(7-8(2)10(13)14)18(15,16)6-5-9(12)17-3/h8H,4-7H2,1-3H3,(H,13,14). The number of carbonyl (C=O) groups is 2. The Morgan fingerprint density at radius 1 is 1.39 bits per heavy atom. The van der Waals surface area contributed by atoms with Gasteiger partial charge in [-0.25, -0.2) is 12.7 Å². The highest BCUT2D eigenvalue weighted by Gasteiger charge is 2.25. The molecule has 0 radical (unpaired) electrons. The highest BCUT2D eigenvalue weighted by Crippen LogP contribution is 2.08. The van der Waals surface area contributed by atoms with E-state index in [0.717, 1.165) is 4.31 Å². The van der Waals surface area contributed by atoms with Crippen LogP contribution in [-0.4, -0.2) is 55.7 Å². The second-order valence-corrected chi connectivity index (χ2v) is 5.92. The van der Waals surface area contributed by atoms with Gasteiger partial charge in [-0.15, -0.1) is 0 Å². The average Bonchev–Trinajstić information content (AvgIpc) is 2.32. The largest absolute Gasteiger partial charge is 0.481 e. The predicted molar refractivity (Wildman–Crippen MR) is 64.5 cm³/mol. The van der Waals surface area contributed by atoms with Crippen LogP contribution in [0.3, 0.4) is 0 Å². The number of esters is 1. The lowest BCUT2D eigenvalue weighted by atomic mass is 10.2. The molecule has 0 fully saturated rings. The van der Waals surface area contributed by atoms with E-state index in [9.17, 15) is 18.0 Å². The van der Waals surface area contributed by atoms with Gasteiger partial charge >= 0.3 is 11.9 Å². The zero-order valence-electron chi connectivity index (χ0n) is 10.7. The summed E-state index contributed by atoms with van der Waals surface area (Å²) in [7, 11) is -2.46. The van der Waals surface area contributed by atoms with E-state index >= 15 is 0 Å². The molecule has 0 saturated heterocycles. The summed E-state index contributed by atoms with van der Waals surface area (Å²) in [5, 5.41) is 8.75. The number of sulfonamides is 1. The van der Waals surface area contributed by atoms with Crippen molar-refractivity contribution in [1.29, 1.82) is 0 Å². The first-order chi connectivity index (χ1) is 8.24. The first-order valence-electron chi connectivity index (χ1n) is 5.52. The van der Waals surface area contributed by atoms with Crippen LogP contribution in [-0.2, 0) is 24.3 Å². The Bertz CT molecular complexity index is 391. The summed E-state index contributed by atoms with van der Waals surface area (Å²) in [5.74, 6) is -2.84. The molecule has 8 heteroatoms. The van der Waals surface area contributed by atoms with Crippen molar-refractivity contribution < 1.29 is 27.9 Å². The molecule has 18 heavy (non-hydrogen) atoms. The van der Waals surface area contributed by atoms with Gasteiger partial charge in [0.25, 0.3) is 0 Å². The van der Waals surface area contributed by atoms with Crippen molar-refractivity contribution in [1.82, 2.24) is 4.31 Å². The van der Waals surface area contributed by atoms with Crippen molar-refractivity contribution >= 4 is 22.0 Å². The molecule has 0 aromatic rings. The molecule has 0 rings (SSSR count). The molecule has 1 atom stereocenters. The Morgan fingerprint density at radius 2 is 1.94 bits per heavy atom. The Hall–Kier alpha value is -1.15. The molecule has 0 bridgehead atoms. The minimum absolute atomic E-state index is 0.102. The first-order valence-corrected chi connectivity index (χ1v) is 7.13. The maximum absolute atomic E-state index is 11.9. The Balaban J connectivity index is 4.62. The molecule has 0 aliphatic carbocycles.